The Bertz CT molecular complexity index is 409. The van der Waals surface area contributed by atoms with Crippen LogP contribution in [0.15, 0.2) is 12.4 Å². The second-order valence-corrected chi connectivity index (χ2v) is 5.47. The van der Waals surface area contributed by atoms with Crippen LogP contribution >= 0.6 is 0 Å². The maximum atomic E-state index is 11.9. The molecule has 0 aliphatic carbocycles. The second kappa shape index (κ2) is 6.70. The Hall–Kier alpha value is -1.36. The summed E-state index contributed by atoms with van der Waals surface area (Å²) in [5.41, 5.74) is 1.05. The molecule has 1 amide bonds. The van der Waals surface area contributed by atoms with Gasteiger partial charge in [-0.25, -0.2) is 0 Å². The van der Waals surface area contributed by atoms with Crippen LogP contribution in [0.3, 0.4) is 0 Å². The SMILES string of the molecule is CC(NC(=O)CCC1CCNCC1)c1cnn(C)c1. The maximum absolute atomic E-state index is 11.9. The third-order valence-corrected chi connectivity index (χ3v) is 3.84. The largest absolute Gasteiger partial charge is 0.349 e. The van der Waals surface area contributed by atoms with E-state index in [1.54, 1.807) is 10.9 Å². The topological polar surface area (TPSA) is 59.0 Å². The lowest BCUT2D eigenvalue weighted by Gasteiger charge is -2.22. The van der Waals surface area contributed by atoms with E-state index in [0.29, 0.717) is 12.3 Å². The molecule has 1 aromatic rings. The summed E-state index contributed by atoms with van der Waals surface area (Å²) in [6.45, 7) is 4.19. The summed E-state index contributed by atoms with van der Waals surface area (Å²) in [7, 11) is 1.88. The van der Waals surface area contributed by atoms with Crippen LogP contribution in [-0.4, -0.2) is 28.8 Å². The summed E-state index contributed by atoms with van der Waals surface area (Å²) in [6.07, 6.45) is 7.79. The molecule has 1 atom stereocenters. The molecule has 0 spiro atoms. The Labute approximate surface area is 114 Å². The molecule has 5 heteroatoms. The zero-order valence-electron chi connectivity index (χ0n) is 11.9. The van der Waals surface area contributed by atoms with Gasteiger partial charge in [0.05, 0.1) is 12.2 Å². The molecule has 2 rings (SSSR count). The van der Waals surface area contributed by atoms with Crippen LogP contribution in [0.1, 0.15) is 44.2 Å². The van der Waals surface area contributed by atoms with Gasteiger partial charge in [0.15, 0.2) is 0 Å². The van der Waals surface area contributed by atoms with Gasteiger partial charge in [-0.05, 0) is 45.2 Å². The monoisotopic (exact) mass is 264 g/mol. The van der Waals surface area contributed by atoms with E-state index in [9.17, 15) is 4.79 Å². The molecule has 0 saturated carbocycles. The number of aryl methyl sites for hydroxylation is 1. The fourth-order valence-electron chi connectivity index (χ4n) is 2.57. The van der Waals surface area contributed by atoms with Crippen molar-refractivity contribution in [1.82, 2.24) is 20.4 Å². The first-order chi connectivity index (χ1) is 9.15. The summed E-state index contributed by atoms with van der Waals surface area (Å²) in [6, 6.07) is 0.0363. The summed E-state index contributed by atoms with van der Waals surface area (Å²) in [5, 5.41) is 10.5. The van der Waals surface area contributed by atoms with Gasteiger partial charge in [0.1, 0.15) is 0 Å². The van der Waals surface area contributed by atoms with Gasteiger partial charge in [0.2, 0.25) is 5.91 Å². The summed E-state index contributed by atoms with van der Waals surface area (Å²) < 4.78 is 1.76. The number of nitrogens with one attached hydrogen (secondary N) is 2. The number of carbonyl (C=O) groups excluding carboxylic acids is 1. The van der Waals surface area contributed by atoms with Crippen LogP contribution in [0.25, 0.3) is 0 Å². The fourth-order valence-corrected chi connectivity index (χ4v) is 2.57. The first-order valence-corrected chi connectivity index (χ1v) is 7.14. The Morgan fingerprint density at radius 3 is 2.95 bits per heavy atom. The number of aromatic nitrogens is 2. The molecule has 0 bridgehead atoms. The molecule has 0 radical (unpaired) electrons. The van der Waals surface area contributed by atoms with Crippen molar-refractivity contribution in [3.63, 3.8) is 0 Å². The van der Waals surface area contributed by atoms with Gasteiger partial charge in [0.25, 0.3) is 0 Å². The van der Waals surface area contributed by atoms with Crippen LogP contribution in [0, 0.1) is 5.92 Å². The number of hydrogen-bond donors (Lipinski definition) is 2. The summed E-state index contributed by atoms with van der Waals surface area (Å²) in [5.74, 6) is 0.857. The van der Waals surface area contributed by atoms with E-state index in [-0.39, 0.29) is 11.9 Å². The minimum Gasteiger partial charge on any atom is -0.349 e. The number of rotatable bonds is 5. The molecule has 1 fully saturated rings. The molecule has 2 N–H and O–H groups in total. The minimum atomic E-state index is 0.0363. The number of piperidine rings is 1. The van der Waals surface area contributed by atoms with E-state index in [2.05, 4.69) is 15.7 Å². The van der Waals surface area contributed by atoms with Crippen molar-refractivity contribution in [3.05, 3.63) is 18.0 Å². The zero-order valence-corrected chi connectivity index (χ0v) is 11.9. The van der Waals surface area contributed by atoms with Gasteiger partial charge in [-0.15, -0.1) is 0 Å². The van der Waals surface area contributed by atoms with Crippen molar-refractivity contribution in [2.24, 2.45) is 13.0 Å². The lowest BCUT2D eigenvalue weighted by molar-refractivity contribution is -0.122. The Morgan fingerprint density at radius 2 is 2.32 bits per heavy atom. The average Bonchev–Trinajstić information content (AvgIpc) is 2.84. The smallest absolute Gasteiger partial charge is 0.220 e. The quantitative estimate of drug-likeness (QED) is 0.844. The highest BCUT2D eigenvalue weighted by molar-refractivity contribution is 5.76. The molecule has 106 valence electrons. The molecule has 1 aliphatic heterocycles. The van der Waals surface area contributed by atoms with Crippen LogP contribution < -0.4 is 10.6 Å². The van der Waals surface area contributed by atoms with E-state index < -0.39 is 0 Å². The molecule has 1 aliphatic rings. The third kappa shape index (κ3) is 4.35. The Morgan fingerprint density at radius 1 is 1.58 bits per heavy atom. The average molecular weight is 264 g/mol. The van der Waals surface area contributed by atoms with Crippen molar-refractivity contribution in [2.45, 2.75) is 38.6 Å². The lowest BCUT2D eigenvalue weighted by Crippen LogP contribution is -2.30. The Balaban J connectivity index is 1.71. The van der Waals surface area contributed by atoms with Gasteiger partial charge in [-0.3, -0.25) is 9.48 Å². The second-order valence-electron chi connectivity index (χ2n) is 5.47. The van der Waals surface area contributed by atoms with Gasteiger partial charge < -0.3 is 10.6 Å². The Kier molecular flexibility index (Phi) is 4.96. The minimum absolute atomic E-state index is 0.0363. The third-order valence-electron chi connectivity index (χ3n) is 3.84. The number of amides is 1. The van der Waals surface area contributed by atoms with Gasteiger partial charge in [0, 0.05) is 25.2 Å². The molecule has 1 aromatic heterocycles. The van der Waals surface area contributed by atoms with Crippen molar-refractivity contribution >= 4 is 5.91 Å². The molecule has 1 saturated heterocycles. The van der Waals surface area contributed by atoms with Gasteiger partial charge in [-0.1, -0.05) is 0 Å². The van der Waals surface area contributed by atoms with Crippen molar-refractivity contribution < 1.29 is 4.79 Å². The van der Waals surface area contributed by atoms with E-state index in [4.69, 9.17) is 0 Å². The summed E-state index contributed by atoms with van der Waals surface area (Å²) in [4.78, 5) is 11.9. The highest BCUT2D eigenvalue weighted by atomic mass is 16.1. The molecule has 5 nitrogen and oxygen atoms in total. The van der Waals surface area contributed by atoms with E-state index >= 15 is 0 Å². The van der Waals surface area contributed by atoms with Crippen molar-refractivity contribution in [1.29, 1.82) is 0 Å². The molecular formula is C14H24N4O. The number of nitrogens with zero attached hydrogens (tertiary/aromatic N) is 2. The maximum Gasteiger partial charge on any atom is 0.220 e. The highest BCUT2D eigenvalue weighted by Crippen LogP contribution is 2.18. The van der Waals surface area contributed by atoms with Crippen LogP contribution in [0.5, 0.6) is 0 Å². The number of carbonyl (C=O) groups is 1. The van der Waals surface area contributed by atoms with E-state index in [1.165, 1.54) is 12.8 Å². The first-order valence-electron chi connectivity index (χ1n) is 7.14. The van der Waals surface area contributed by atoms with Crippen molar-refractivity contribution in [3.8, 4) is 0 Å². The molecule has 19 heavy (non-hydrogen) atoms. The lowest BCUT2D eigenvalue weighted by atomic mass is 9.93. The number of hydrogen-bond acceptors (Lipinski definition) is 3. The van der Waals surface area contributed by atoms with E-state index in [0.717, 1.165) is 25.1 Å². The predicted octanol–water partition coefficient (Wildman–Crippen LogP) is 1.38. The standard InChI is InChI=1S/C14H24N4O/c1-11(13-9-16-18(2)10-13)17-14(19)4-3-12-5-7-15-8-6-12/h9-12,15H,3-8H2,1-2H3,(H,17,19). The molecule has 2 heterocycles. The molecular weight excluding hydrogens is 240 g/mol. The van der Waals surface area contributed by atoms with Crippen LogP contribution in [0.4, 0.5) is 0 Å². The van der Waals surface area contributed by atoms with Gasteiger partial charge in [-0.2, -0.15) is 5.10 Å². The molecule has 0 aromatic carbocycles. The highest BCUT2D eigenvalue weighted by Gasteiger charge is 2.16. The van der Waals surface area contributed by atoms with Crippen molar-refractivity contribution in [2.75, 3.05) is 13.1 Å². The fraction of sp³-hybridized carbons (Fsp3) is 0.714. The first kappa shape index (κ1) is 14.1. The summed E-state index contributed by atoms with van der Waals surface area (Å²) >= 11 is 0. The normalized spacial score (nSPS) is 18.2. The van der Waals surface area contributed by atoms with Crippen LogP contribution in [-0.2, 0) is 11.8 Å². The molecule has 1 unspecified atom stereocenters. The predicted molar refractivity (Wildman–Crippen MR) is 74.6 cm³/mol. The zero-order chi connectivity index (χ0) is 13.7. The van der Waals surface area contributed by atoms with E-state index in [1.807, 2.05) is 20.2 Å². The van der Waals surface area contributed by atoms with Crippen LogP contribution in [0.2, 0.25) is 0 Å². The van der Waals surface area contributed by atoms with Gasteiger partial charge >= 0.3 is 0 Å².